The van der Waals surface area contributed by atoms with Crippen molar-refractivity contribution in [3.8, 4) is 0 Å². The summed E-state index contributed by atoms with van der Waals surface area (Å²) in [5.41, 5.74) is -1.19. The molecule has 1 saturated carbocycles. The maximum absolute atomic E-state index is 12.9. The van der Waals surface area contributed by atoms with E-state index in [4.69, 9.17) is 9.47 Å². The van der Waals surface area contributed by atoms with Gasteiger partial charge in [-0.2, -0.15) is 0 Å². The van der Waals surface area contributed by atoms with Gasteiger partial charge < -0.3 is 14.6 Å². The Balaban J connectivity index is 2.88. The fraction of sp³-hybridized carbons (Fsp3) is 0.909. The van der Waals surface area contributed by atoms with Gasteiger partial charge in [-0.1, -0.05) is 32.1 Å². The van der Waals surface area contributed by atoms with Crippen LogP contribution in [-0.4, -0.2) is 58.9 Å². The number of aliphatic hydroxyl groups is 1. The normalized spacial score (nSPS) is 17.4. The molecule has 0 spiro atoms. The van der Waals surface area contributed by atoms with Crippen molar-refractivity contribution in [3.05, 3.63) is 0 Å². The van der Waals surface area contributed by atoms with Crippen molar-refractivity contribution >= 4 is 11.9 Å². The van der Waals surface area contributed by atoms with E-state index in [2.05, 4.69) is 0 Å². The van der Waals surface area contributed by atoms with E-state index in [1.165, 1.54) is 32.1 Å². The number of nitrogens with zero attached hydrogens (tertiary/aromatic N) is 1. The van der Waals surface area contributed by atoms with Crippen LogP contribution in [-0.2, 0) is 19.1 Å². The molecule has 1 atom stereocenters. The Morgan fingerprint density at radius 2 is 1.57 bits per heavy atom. The molecule has 0 amide bonds. The predicted octanol–water partition coefficient (Wildman–Crippen LogP) is 3.69. The standard InChI is InChI=1S/C22H41NO5/c1-21(2,3)27-19(25)16-23(14-15-24)18(20(26)28-22(4,5)6)13-12-17-10-8-7-9-11-17/h17-18,24H,7-16H2,1-6H3/t18-/m0/s1. The SMILES string of the molecule is CC(C)(C)OC(=O)CN(CCO)[C@@H](CCC1CCCCC1)C(=O)OC(C)(C)C. The summed E-state index contributed by atoms with van der Waals surface area (Å²) in [6, 6.07) is -0.555. The third kappa shape index (κ3) is 10.4. The van der Waals surface area contributed by atoms with Crippen LogP contribution >= 0.6 is 0 Å². The van der Waals surface area contributed by atoms with Crippen molar-refractivity contribution in [2.24, 2.45) is 5.92 Å². The van der Waals surface area contributed by atoms with Crippen molar-refractivity contribution in [2.45, 2.75) is 104 Å². The molecule has 164 valence electrons. The van der Waals surface area contributed by atoms with Gasteiger partial charge in [0.15, 0.2) is 0 Å². The molecule has 0 saturated heterocycles. The third-order valence-corrected chi connectivity index (χ3v) is 4.83. The number of hydrogen-bond acceptors (Lipinski definition) is 6. The van der Waals surface area contributed by atoms with E-state index in [-0.39, 0.29) is 25.7 Å². The van der Waals surface area contributed by atoms with Crippen LogP contribution in [0.2, 0.25) is 0 Å². The molecule has 28 heavy (non-hydrogen) atoms. The fourth-order valence-corrected chi connectivity index (χ4v) is 3.70. The van der Waals surface area contributed by atoms with Crippen molar-refractivity contribution in [1.29, 1.82) is 0 Å². The van der Waals surface area contributed by atoms with Gasteiger partial charge in [0, 0.05) is 6.54 Å². The minimum absolute atomic E-state index is 0.0353. The molecule has 0 unspecified atom stereocenters. The van der Waals surface area contributed by atoms with Gasteiger partial charge in [-0.15, -0.1) is 0 Å². The first-order valence-electron chi connectivity index (χ1n) is 10.7. The Bertz CT molecular complexity index is 486. The number of esters is 2. The van der Waals surface area contributed by atoms with Crippen LogP contribution in [0.5, 0.6) is 0 Å². The summed E-state index contributed by atoms with van der Waals surface area (Å²) < 4.78 is 11.1. The van der Waals surface area contributed by atoms with E-state index >= 15 is 0 Å². The lowest BCUT2D eigenvalue weighted by atomic mass is 9.85. The van der Waals surface area contributed by atoms with Gasteiger partial charge in [0.2, 0.25) is 0 Å². The molecule has 6 heteroatoms. The fourth-order valence-electron chi connectivity index (χ4n) is 3.70. The minimum Gasteiger partial charge on any atom is -0.459 e. The summed E-state index contributed by atoms with van der Waals surface area (Å²) in [5, 5.41) is 9.52. The average Bonchev–Trinajstić information content (AvgIpc) is 2.52. The highest BCUT2D eigenvalue weighted by molar-refractivity contribution is 5.78. The van der Waals surface area contributed by atoms with Crippen molar-refractivity contribution in [3.63, 3.8) is 0 Å². The van der Waals surface area contributed by atoms with Gasteiger partial charge >= 0.3 is 11.9 Å². The second-order valence-electron chi connectivity index (χ2n) is 9.91. The molecule has 1 N–H and O–H groups in total. The van der Waals surface area contributed by atoms with Gasteiger partial charge in [0.25, 0.3) is 0 Å². The summed E-state index contributed by atoms with van der Waals surface area (Å²) in [4.78, 5) is 27.0. The molecular formula is C22H41NO5. The maximum Gasteiger partial charge on any atom is 0.323 e. The summed E-state index contributed by atoms with van der Waals surface area (Å²) >= 11 is 0. The van der Waals surface area contributed by atoms with Crippen LogP contribution in [0.1, 0.15) is 86.5 Å². The quantitative estimate of drug-likeness (QED) is 0.596. The summed E-state index contributed by atoms with van der Waals surface area (Å²) in [6.45, 7) is 11.0. The van der Waals surface area contributed by atoms with Gasteiger partial charge in [-0.25, -0.2) is 0 Å². The minimum atomic E-state index is -0.600. The first-order chi connectivity index (χ1) is 12.9. The molecule has 0 aromatic rings. The zero-order valence-corrected chi connectivity index (χ0v) is 18.8. The molecule has 1 aliphatic carbocycles. The first-order valence-corrected chi connectivity index (χ1v) is 10.7. The summed E-state index contributed by atoms with van der Waals surface area (Å²) in [7, 11) is 0. The maximum atomic E-state index is 12.9. The van der Waals surface area contributed by atoms with E-state index in [0.29, 0.717) is 12.3 Å². The van der Waals surface area contributed by atoms with E-state index in [0.717, 1.165) is 6.42 Å². The van der Waals surface area contributed by atoms with Crippen LogP contribution in [0.25, 0.3) is 0 Å². The largest absolute Gasteiger partial charge is 0.459 e. The number of hydrogen-bond donors (Lipinski definition) is 1. The van der Waals surface area contributed by atoms with Crippen molar-refractivity contribution in [1.82, 2.24) is 4.90 Å². The monoisotopic (exact) mass is 399 g/mol. The van der Waals surface area contributed by atoms with Crippen LogP contribution in [0, 0.1) is 5.92 Å². The van der Waals surface area contributed by atoms with E-state index in [1.807, 2.05) is 41.5 Å². The molecule has 0 aliphatic heterocycles. The van der Waals surface area contributed by atoms with E-state index in [1.54, 1.807) is 4.90 Å². The number of rotatable bonds is 9. The number of carbonyl (C=O) groups is 2. The molecule has 6 nitrogen and oxygen atoms in total. The van der Waals surface area contributed by atoms with Gasteiger partial charge in [0.05, 0.1) is 13.2 Å². The number of carbonyl (C=O) groups excluding carboxylic acids is 2. The lowest BCUT2D eigenvalue weighted by molar-refractivity contribution is -0.165. The van der Waals surface area contributed by atoms with Crippen LogP contribution in [0.15, 0.2) is 0 Å². The zero-order valence-electron chi connectivity index (χ0n) is 18.8. The Labute approximate surface area is 171 Å². The number of aliphatic hydroxyl groups excluding tert-OH is 1. The summed E-state index contributed by atoms with van der Waals surface area (Å²) in [6.07, 6.45) is 7.75. The second kappa shape index (κ2) is 11.1. The third-order valence-electron chi connectivity index (χ3n) is 4.83. The molecule has 0 aromatic heterocycles. The van der Waals surface area contributed by atoms with Crippen LogP contribution < -0.4 is 0 Å². The van der Waals surface area contributed by atoms with Gasteiger partial charge in [-0.3, -0.25) is 14.5 Å². The molecule has 0 heterocycles. The second-order valence-corrected chi connectivity index (χ2v) is 9.91. The van der Waals surface area contributed by atoms with Crippen molar-refractivity contribution in [2.75, 3.05) is 19.7 Å². The molecule has 0 radical (unpaired) electrons. The van der Waals surface area contributed by atoms with Gasteiger partial charge in [0.1, 0.15) is 17.2 Å². The smallest absolute Gasteiger partial charge is 0.323 e. The zero-order chi connectivity index (χ0) is 21.4. The van der Waals surface area contributed by atoms with Crippen LogP contribution in [0.4, 0.5) is 0 Å². The van der Waals surface area contributed by atoms with E-state index < -0.39 is 23.2 Å². The topological polar surface area (TPSA) is 76.1 Å². The molecular weight excluding hydrogens is 358 g/mol. The highest BCUT2D eigenvalue weighted by Crippen LogP contribution is 2.29. The van der Waals surface area contributed by atoms with E-state index in [9.17, 15) is 14.7 Å². The molecule has 0 bridgehead atoms. The molecule has 1 rings (SSSR count). The Hall–Kier alpha value is -1.14. The lowest BCUT2D eigenvalue weighted by Gasteiger charge is -2.33. The number of ether oxygens (including phenoxy) is 2. The Morgan fingerprint density at radius 1 is 1.00 bits per heavy atom. The van der Waals surface area contributed by atoms with Gasteiger partial charge in [-0.05, 0) is 60.3 Å². The van der Waals surface area contributed by atoms with Crippen LogP contribution in [0.3, 0.4) is 0 Å². The molecule has 1 aliphatic rings. The average molecular weight is 400 g/mol. The highest BCUT2D eigenvalue weighted by atomic mass is 16.6. The molecule has 1 fully saturated rings. The Kier molecular flexibility index (Phi) is 9.91. The van der Waals surface area contributed by atoms with Crippen molar-refractivity contribution < 1.29 is 24.2 Å². The lowest BCUT2D eigenvalue weighted by Crippen LogP contribution is -2.48. The predicted molar refractivity (Wildman–Crippen MR) is 110 cm³/mol. The first kappa shape index (κ1) is 24.9. The highest BCUT2D eigenvalue weighted by Gasteiger charge is 2.33. The summed E-state index contributed by atoms with van der Waals surface area (Å²) in [5.74, 6) is -0.108. The Morgan fingerprint density at radius 3 is 2.07 bits per heavy atom. The molecule has 0 aromatic carbocycles.